The second-order valence-corrected chi connectivity index (χ2v) is 5.47. The molecule has 1 N–H and O–H groups in total. The molecule has 2 nitrogen and oxygen atoms in total. The van der Waals surface area contributed by atoms with Crippen molar-refractivity contribution < 1.29 is 4.79 Å². The number of benzene rings is 1. The molecule has 1 saturated heterocycles. The van der Waals surface area contributed by atoms with Crippen molar-refractivity contribution >= 4 is 5.78 Å². The standard InChI is InChI=1S/C15H19NO/c17-13-11-15(9-5-2-6-10-15)16-14(13)12-7-3-1-4-8-12/h1,3-4,7-8,14,16H,2,5-6,9-11H2. The van der Waals surface area contributed by atoms with Gasteiger partial charge in [-0.25, -0.2) is 0 Å². The molecule has 1 spiro atoms. The second kappa shape index (κ2) is 4.26. The molecule has 1 aliphatic carbocycles. The van der Waals surface area contributed by atoms with Crippen LogP contribution >= 0.6 is 0 Å². The Labute approximate surface area is 102 Å². The summed E-state index contributed by atoms with van der Waals surface area (Å²) in [5, 5.41) is 3.62. The zero-order valence-electron chi connectivity index (χ0n) is 10.1. The molecule has 0 bridgehead atoms. The molecule has 3 rings (SSSR count). The average molecular weight is 229 g/mol. The number of ketones is 1. The monoisotopic (exact) mass is 229 g/mol. The van der Waals surface area contributed by atoms with Crippen molar-refractivity contribution in [2.75, 3.05) is 0 Å². The van der Waals surface area contributed by atoms with Crippen LogP contribution in [0.15, 0.2) is 30.3 Å². The van der Waals surface area contributed by atoms with Gasteiger partial charge in [0.25, 0.3) is 0 Å². The molecular weight excluding hydrogens is 210 g/mol. The van der Waals surface area contributed by atoms with Crippen LogP contribution in [0.4, 0.5) is 0 Å². The second-order valence-electron chi connectivity index (χ2n) is 5.47. The molecule has 1 unspecified atom stereocenters. The minimum absolute atomic E-state index is 0.0608. The Balaban J connectivity index is 1.82. The zero-order chi connectivity index (χ0) is 11.7. The highest BCUT2D eigenvalue weighted by molar-refractivity contribution is 5.88. The molecule has 90 valence electrons. The molecule has 2 fully saturated rings. The first-order valence-corrected chi connectivity index (χ1v) is 6.65. The van der Waals surface area contributed by atoms with Crippen LogP contribution in [0.2, 0.25) is 0 Å². The zero-order valence-corrected chi connectivity index (χ0v) is 10.1. The number of carbonyl (C=O) groups excluding carboxylic acids is 1. The van der Waals surface area contributed by atoms with Crippen molar-refractivity contribution in [2.45, 2.75) is 50.1 Å². The molecule has 1 atom stereocenters. The van der Waals surface area contributed by atoms with Gasteiger partial charge in [0.15, 0.2) is 5.78 Å². The smallest absolute Gasteiger partial charge is 0.156 e. The molecule has 1 saturated carbocycles. The quantitative estimate of drug-likeness (QED) is 0.802. The lowest BCUT2D eigenvalue weighted by Gasteiger charge is -2.33. The lowest BCUT2D eigenvalue weighted by atomic mass is 9.81. The van der Waals surface area contributed by atoms with Crippen LogP contribution in [-0.2, 0) is 4.79 Å². The maximum Gasteiger partial charge on any atom is 0.156 e. The van der Waals surface area contributed by atoms with Gasteiger partial charge in [-0.15, -0.1) is 0 Å². The maximum absolute atomic E-state index is 12.2. The van der Waals surface area contributed by atoms with E-state index in [4.69, 9.17) is 0 Å². The van der Waals surface area contributed by atoms with Crippen molar-refractivity contribution in [3.63, 3.8) is 0 Å². The summed E-state index contributed by atoms with van der Waals surface area (Å²) in [4.78, 5) is 12.2. The fourth-order valence-corrected chi connectivity index (χ4v) is 3.34. The molecule has 1 heterocycles. The number of Topliss-reactive ketones (excluding diaryl/α,β-unsaturated/α-hetero) is 1. The van der Waals surface area contributed by atoms with Gasteiger partial charge in [0, 0.05) is 12.0 Å². The third kappa shape index (κ3) is 2.02. The Kier molecular flexibility index (Phi) is 2.75. The van der Waals surface area contributed by atoms with Crippen molar-refractivity contribution in [1.29, 1.82) is 0 Å². The Morgan fingerprint density at radius 2 is 1.76 bits per heavy atom. The van der Waals surface area contributed by atoms with E-state index in [0.717, 1.165) is 12.0 Å². The maximum atomic E-state index is 12.2. The highest BCUT2D eigenvalue weighted by atomic mass is 16.1. The lowest BCUT2D eigenvalue weighted by Crippen LogP contribution is -2.42. The van der Waals surface area contributed by atoms with Gasteiger partial charge in [0.2, 0.25) is 0 Å². The van der Waals surface area contributed by atoms with Gasteiger partial charge in [-0.1, -0.05) is 49.6 Å². The van der Waals surface area contributed by atoms with Gasteiger partial charge >= 0.3 is 0 Å². The van der Waals surface area contributed by atoms with Crippen LogP contribution in [-0.4, -0.2) is 11.3 Å². The summed E-state index contributed by atoms with van der Waals surface area (Å²) >= 11 is 0. The summed E-state index contributed by atoms with van der Waals surface area (Å²) < 4.78 is 0. The van der Waals surface area contributed by atoms with Gasteiger partial charge in [0.05, 0.1) is 6.04 Å². The largest absolute Gasteiger partial charge is 0.298 e. The first-order valence-electron chi connectivity index (χ1n) is 6.65. The van der Waals surface area contributed by atoms with E-state index in [1.807, 2.05) is 18.2 Å². The summed E-state index contributed by atoms with van der Waals surface area (Å²) in [6.07, 6.45) is 6.92. The summed E-state index contributed by atoms with van der Waals surface area (Å²) in [6.45, 7) is 0. The normalized spacial score (nSPS) is 27.5. The van der Waals surface area contributed by atoms with Crippen LogP contribution in [0, 0.1) is 0 Å². The molecule has 1 aliphatic heterocycles. The van der Waals surface area contributed by atoms with Crippen molar-refractivity contribution in [1.82, 2.24) is 5.32 Å². The van der Waals surface area contributed by atoms with Crippen LogP contribution in [0.5, 0.6) is 0 Å². The summed E-state index contributed by atoms with van der Waals surface area (Å²) in [6, 6.07) is 10.1. The van der Waals surface area contributed by atoms with Crippen LogP contribution in [0.1, 0.15) is 50.1 Å². The third-order valence-corrected chi connectivity index (χ3v) is 4.23. The van der Waals surface area contributed by atoms with E-state index in [-0.39, 0.29) is 11.6 Å². The van der Waals surface area contributed by atoms with Gasteiger partial charge in [0.1, 0.15) is 0 Å². The summed E-state index contributed by atoms with van der Waals surface area (Å²) in [7, 11) is 0. The van der Waals surface area contributed by atoms with Gasteiger partial charge in [-0.2, -0.15) is 0 Å². The first kappa shape index (κ1) is 11.0. The van der Waals surface area contributed by atoms with E-state index in [9.17, 15) is 4.79 Å². The molecule has 0 amide bonds. The SMILES string of the molecule is O=C1CC2(CCCCC2)NC1c1ccccc1. The topological polar surface area (TPSA) is 29.1 Å². The predicted molar refractivity (Wildman–Crippen MR) is 67.8 cm³/mol. The number of carbonyl (C=O) groups is 1. The predicted octanol–water partition coefficient (Wildman–Crippen LogP) is 2.99. The van der Waals surface area contributed by atoms with Crippen LogP contribution in [0.3, 0.4) is 0 Å². The molecule has 0 radical (unpaired) electrons. The lowest BCUT2D eigenvalue weighted by molar-refractivity contribution is -0.119. The first-order chi connectivity index (χ1) is 8.29. The van der Waals surface area contributed by atoms with Gasteiger partial charge in [-0.05, 0) is 18.4 Å². The van der Waals surface area contributed by atoms with Crippen LogP contribution < -0.4 is 5.32 Å². The van der Waals surface area contributed by atoms with E-state index < -0.39 is 0 Å². The molecule has 2 aliphatic rings. The fourth-order valence-electron chi connectivity index (χ4n) is 3.34. The molecule has 1 aromatic carbocycles. The highest BCUT2D eigenvalue weighted by Gasteiger charge is 2.44. The minimum Gasteiger partial charge on any atom is -0.298 e. The molecule has 2 heteroatoms. The van der Waals surface area contributed by atoms with E-state index in [1.54, 1.807) is 0 Å². The van der Waals surface area contributed by atoms with E-state index in [2.05, 4.69) is 17.4 Å². The molecule has 0 aromatic heterocycles. The van der Waals surface area contributed by atoms with Crippen molar-refractivity contribution in [2.24, 2.45) is 0 Å². The summed E-state index contributed by atoms with van der Waals surface area (Å²) in [5.41, 5.74) is 1.25. The van der Waals surface area contributed by atoms with Gasteiger partial charge in [-0.3, -0.25) is 10.1 Å². The molecule has 17 heavy (non-hydrogen) atoms. The fraction of sp³-hybridized carbons (Fsp3) is 0.533. The van der Waals surface area contributed by atoms with Crippen LogP contribution in [0.25, 0.3) is 0 Å². The Morgan fingerprint density at radius 1 is 1.06 bits per heavy atom. The number of hydrogen-bond donors (Lipinski definition) is 1. The Bertz CT molecular complexity index is 406. The van der Waals surface area contributed by atoms with Gasteiger partial charge < -0.3 is 0 Å². The average Bonchev–Trinajstić information content (AvgIpc) is 2.68. The third-order valence-electron chi connectivity index (χ3n) is 4.23. The number of hydrogen-bond acceptors (Lipinski definition) is 2. The molecule has 1 aromatic rings. The van der Waals surface area contributed by atoms with E-state index in [1.165, 1.54) is 32.1 Å². The van der Waals surface area contributed by atoms with E-state index in [0.29, 0.717) is 5.78 Å². The minimum atomic E-state index is -0.0608. The highest BCUT2D eigenvalue weighted by Crippen LogP contribution is 2.39. The Morgan fingerprint density at radius 3 is 2.47 bits per heavy atom. The summed E-state index contributed by atoms with van der Waals surface area (Å²) in [5.74, 6) is 0.373. The van der Waals surface area contributed by atoms with Crippen molar-refractivity contribution in [3.8, 4) is 0 Å². The van der Waals surface area contributed by atoms with E-state index >= 15 is 0 Å². The van der Waals surface area contributed by atoms with Crippen molar-refractivity contribution in [3.05, 3.63) is 35.9 Å². The Hall–Kier alpha value is -1.15. The number of nitrogens with one attached hydrogen (secondary N) is 1. The number of rotatable bonds is 1. The molecular formula is C15H19NO.